The van der Waals surface area contributed by atoms with E-state index in [4.69, 9.17) is 16.7 Å². The lowest BCUT2D eigenvalue weighted by atomic mass is 9.86. The van der Waals surface area contributed by atoms with E-state index in [2.05, 4.69) is 0 Å². The maximum absolute atomic E-state index is 13.5. The van der Waals surface area contributed by atoms with Crippen molar-refractivity contribution < 1.29 is 32.6 Å². The number of aryl methyl sites for hydroxylation is 1. The largest absolute Gasteiger partial charge is 0.481 e. The van der Waals surface area contributed by atoms with Crippen LogP contribution >= 0.6 is 11.6 Å². The molecule has 132 valence electrons. The summed E-state index contributed by atoms with van der Waals surface area (Å²) in [7, 11) is -4.17. The lowest BCUT2D eigenvalue weighted by Gasteiger charge is -2.33. The van der Waals surface area contributed by atoms with E-state index in [1.165, 1.54) is 6.92 Å². The Morgan fingerprint density at radius 3 is 2.38 bits per heavy atom. The second-order valence-corrected chi connectivity index (χ2v) is 7.89. The third-order valence-electron chi connectivity index (χ3n) is 4.04. The lowest BCUT2D eigenvalue weighted by Crippen LogP contribution is -2.48. The number of halogens is 2. The molecule has 2 unspecified atom stereocenters. The van der Waals surface area contributed by atoms with Gasteiger partial charge in [-0.3, -0.25) is 9.59 Å². The van der Waals surface area contributed by atoms with Gasteiger partial charge in [-0.1, -0.05) is 11.6 Å². The van der Waals surface area contributed by atoms with Crippen molar-refractivity contribution in [1.82, 2.24) is 4.31 Å². The number of sulfonamides is 1. The number of carbonyl (C=O) groups is 2. The fraction of sp³-hybridized carbons (Fsp3) is 0.429. The van der Waals surface area contributed by atoms with Crippen molar-refractivity contribution >= 4 is 33.6 Å². The summed E-state index contributed by atoms with van der Waals surface area (Å²) in [5.41, 5.74) is 0.0770. The first-order chi connectivity index (χ1) is 11.1. The molecule has 1 aromatic carbocycles. The van der Waals surface area contributed by atoms with Crippen LogP contribution in [0.3, 0.4) is 0 Å². The third kappa shape index (κ3) is 3.38. The Morgan fingerprint density at radius 2 is 1.83 bits per heavy atom. The number of benzene rings is 1. The summed E-state index contributed by atoms with van der Waals surface area (Å²) in [4.78, 5) is 22.1. The van der Waals surface area contributed by atoms with Gasteiger partial charge < -0.3 is 10.2 Å². The average molecular weight is 380 g/mol. The molecule has 7 nitrogen and oxygen atoms in total. The zero-order valence-electron chi connectivity index (χ0n) is 12.6. The van der Waals surface area contributed by atoms with Crippen LogP contribution in [0.1, 0.15) is 12.0 Å². The molecule has 0 bridgehead atoms. The Morgan fingerprint density at radius 1 is 1.25 bits per heavy atom. The summed E-state index contributed by atoms with van der Waals surface area (Å²) in [6, 6.07) is 1.95. The molecule has 1 aliphatic rings. The van der Waals surface area contributed by atoms with Gasteiger partial charge in [-0.25, -0.2) is 12.8 Å². The van der Waals surface area contributed by atoms with Crippen LogP contribution in [0.15, 0.2) is 17.0 Å². The number of piperidine rings is 1. The summed E-state index contributed by atoms with van der Waals surface area (Å²) < 4.78 is 39.7. The van der Waals surface area contributed by atoms with Crippen LogP contribution in [0.25, 0.3) is 0 Å². The van der Waals surface area contributed by atoms with E-state index in [0.717, 1.165) is 16.4 Å². The molecular formula is C14H15ClFNO6S. The van der Waals surface area contributed by atoms with Gasteiger partial charge in [0, 0.05) is 13.1 Å². The molecule has 1 aromatic rings. The topological polar surface area (TPSA) is 112 Å². The molecule has 24 heavy (non-hydrogen) atoms. The van der Waals surface area contributed by atoms with Crippen molar-refractivity contribution in [3.05, 3.63) is 28.5 Å². The van der Waals surface area contributed by atoms with Gasteiger partial charge in [-0.05, 0) is 31.0 Å². The molecule has 10 heteroatoms. The highest BCUT2D eigenvalue weighted by molar-refractivity contribution is 7.89. The van der Waals surface area contributed by atoms with Crippen molar-refractivity contribution in [2.75, 3.05) is 13.1 Å². The second kappa shape index (κ2) is 6.66. The molecule has 0 saturated carbocycles. The van der Waals surface area contributed by atoms with Crippen LogP contribution in [0.4, 0.5) is 4.39 Å². The zero-order chi connectivity index (χ0) is 18.2. The Labute approximate surface area is 142 Å². The van der Waals surface area contributed by atoms with E-state index in [1.807, 2.05) is 0 Å². The molecule has 0 aliphatic carbocycles. The molecule has 1 fully saturated rings. The molecule has 1 aliphatic heterocycles. The summed E-state index contributed by atoms with van der Waals surface area (Å²) in [5.74, 6) is -5.86. The Hall–Kier alpha value is -1.71. The van der Waals surface area contributed by atoms with Crippen molar-refractivity contribution in [3.8, 4) is 0 Å². The Balaban J connectivity index is 2.39. The number of hydrogen-bond donors (Lipinski definition) is 2. The maximum atomic E-state index is 13.5. The number of aliphatic carboxylic acids is 2. The van der Waals surface area contributed by atoms with Gasteiger partial charge in [0.25, 0.3) is 0 Å². The quantitative estimate of drug-likeness (QED) is 0.821. The van der Waals surface area contributed by atoms with Crippen LogP contribution < -0.4 is 0 Å². The average Bonchev–Trinajstić information content (AvgIpc) is 2.49. The van der Waals surface area contributed by atoms with Crippen molar-refractivity contribution in [2.24, 2.45) is 11.8 Å². The highest BCUT2D eigenvalue weighted by Crippen LogP contribution is 2.32. The van der Waals surface area contributed by atoms with Gasteiger partial charge in [-0.15, -0.1) is 0 Å². The fourth-order valence-electron chi connectivity index (χ4n) is 2.65. The molecule has 2 atom stereocenters. The minimum Gasteiger partial charge on any atom is -0.481 e. The standard InChI is InChI=1S/C14H15ClFNO6S/c1-7-4-12(10(15)5-11(7)16)24(22,23)17-3-2-8(13(18)19)9(6-17)14(20)21/h4-5,8-9H,2-3,6H2,1H3,(H,18,19)(H,20,21). The molecule has 0 radical (unpaired) electrons. The van der Waals surface area contributed by atoms with Gasteiger partial charge in [0.2, 0.25) is 10.0 Å². The predicted octanol–water partition coefficient (Wildman–Crippen LogP) is 1.58. The summed E-state index contributed by atoms with van der Waals surface area (Å²) in [5, 5.41) is 18.0. The number of hydrogen-bond acceptors (Lipinski definition) is 4. The Kier molecular flexibility index (Phi) is 5.17. The zero-order valence-corrected chi connectivity index (χ0v) is 14.1. The van der Waals surface area contributed by atoms with E-state index >= 15 is 0 Å². The first-order valence-electron chi connectivity index (χ1n) is 6.97. The first kappa shape index (κ1) is 18.6. The monoisotopic (exact) mass is 379 g/mol. The number of nitrogens with zero attached hydrogens (tertiary/aromatic N) is 1. The normalized spacial score (nSPS) is 22.3. The molecule has 0 spiro atoms. The van der Waals surface area contributed by atoms with Gasteiger partial charge in [0.15, 0.2) is 0 Å². The minimum absolute atomic E-state index is 0.0770. The van der Waals surface area contributed by atoms with Crippen LogP contribution in [-0.4, -0.2) is 48.0 Å². The maximum Gasteiger partial charge on any atom is 0.308 e. The SMILES string of the molecule is Cc1cc(S(=O)(=O)N2CCC(C(=O)O)C(C(=O)O)C2)c(Cl)cc1F. The van der Waals surface area contributed by atoms with Gasteiger partial charge in [0.05, 0.1) is 16.9 Å². The minimum atomic E-state index is -4.17. The van der Waals surface area contributed by atoms with E-state index in [-0.39, 0.29) is 28.4 Å². The Bertz CT molecular complexity index is 797. The van der Waals surface area contributed by atoms with E-state index in [0.29, 0.717) is 0 Å². The van der Waals surface area contributed by atoms with Crippen LogP contribution in [-0.2, 0) is 19.6 Å². The highest BCUT2D eigenvalue weighted by atomic mass is 35.5. The number of carboxylic acid groups (broad SMARTS) is 2. The van der Waals surface area contributed by atoms with Gasteiger partial charge in [0.1, 0.15) is 10.7 Å². The molecule has 2 rings (SSSR count). The van der Waals surface area contributed by atoms with E-state index < -0.39 is 46.2 Å². The lowest BCUT2D eigenvalue weighted by molar-refractivity contribution is -0.156. The first-order valence-corrected chi connectivity index (χ1v) is 8.79. The summed E-state index contributed by atoms with van der Waals surface area (Å²) in [6.45, 7) is 0.735. The number of rotatable bonds is 4. The molecule has 2 N–H and O–H groups in total. The fourth-order valence-corrected chi connectivity index (χ4v) is 4.71. The molecule has 0 aromatic heterocycles. The van der Waals surface area contributed by atoms with Crippen LogP contribution in [0.2, 0.25) is 5.02 Å². The van der Waals surface area contributed by atoms with Crippen molar-refractivity contribution in [2.45, 2.75) is 18.2 Å². The summed E-state index contributed by atoms with van der Waals surface area (Å²) >= 11 is 5.83. The second-order valence-electron chi connectivity index (χ2n) is 5.57. The van der Waals surface area contributed by atoms with Crippen molar-refractivity contribution in [3.63, 3.8) is 0 Å². The highest BCUT2D eigenvalue weighted by Gasteiger charge is 2.42. The van der Waals surface area contributed by atoms with Crippen LogP contribution in [0.5, 0.6) is 0 Å². The predicted molar refractivity (Wildman–Crippen MR) is 81.8 cm³/mol. The smallest absolute Gasteiger partial charge is 0.308 e. The summed E-state index contributed by atoms with van der Waals surface area (Å²) in [6.07, 6.45) is -0.136. The van der Waals surface area contributed by atoms with E-state index in [1.54, 1.807) is 0 Å². The van der Waals surface area contributed by atoms with Crippen LogP contribution in [0, 0.1) is 24.6 Å². The molecular weight excluding hydrogens is 365 g/mol. The molecule has 1 heterocycles. The molecule has 0 amide bonds. The van der Waals surface area contributed by atoms with E-state index in [9.17, 15) is 27.5 Å². The van der Waals surface area contributed by atoms with Gasteiger partial charge >= 0.3 is 11.9 Å². The van der Waals surface area contributed by atoms with Crippen molar-refractivity contribution in [1.29, 1.82) is 0 Å². The molecule has 1 saturated heterocycles. The third-order valence-corrected chi connectivity index (χ3v) is 6.37. The number of carboxylic acids is 2. The van der Waals surface area contributed by atoms with Gasteiger partial charge in [-0.2, -0.15) is 4.31 Å².